The molecule has 1 atom stereocenters. The van der Waals surface area contributed by atoms with E-state index in [9.17, 15) is 9.18 Å². The molecule has 102 valence electrons. The lowest BCUT2D eigenvalue weighted by molar-refractivity contribution is 0.0925. The fourth-order valence-electron chi connectivity index (χ4n) is 1.91. The molecule has 1 aromatic heterocycles. The van der Waals surface area contributed by atoms with Gasteiger partial charge in [0.15, 0.2) is 17.2 Å². The van der Waals surface area contributed by atoms with Crippen molar-refractivity contribution in [1.29, 1.82) is 0 Å². The van der Waals surface area contributed by atoms with E-state index in [0.717, 1.165) is 0 Å². The number of ketones is 1. The number of ether oxygens (including phenoxy) is 1. The van der Waals surface area contributed by atoms with Gasteiger partial charge in [-0.1, -0.05) is 12.1 Å². The number of carbonyl (C=O) groups is 1. The van der Waals surface area contributed by atoms with E-state index in [0.29, 0.717) is 24.8 Å². The van der Waals surface area contributed by atoms with Crippen LogP contribution in [-0.2, 0) is 4.74 Å². The predicted molar refractivity (Wildman–Crippen MR) is 69.6 cm³/mol. The summed E-state index contributed by atoms with van der Waals surface area (Å²) in [5, 5.41) is 0.562. The molecule has 5 heteroatoms. The molecule has 1 heterocycles. The highest BCUT2D eigenvalue weighted by atomic mass is 19.1. The lowest BCUT2D eigenvalue weighted by Gasteiger charge is -2.07. The van der Waals surface area contributed by atoms with E-state index < -0.39 is 11.9 Å². The van der Waals surface area contributed by atoms with Crippen LogP contribution in [0.15, 0.2) is 28.7 Å². The summed E-state index contributed by atoms with van der Waals surface area (Å²) in [6, 6.07) is 5.42. The van der Waals surface area contributed by atoms with Gasteiger partial charge in [0.05, 0.1) is 6.04 Å². The highest BCUT2D eigenvalue weighted by Crippen LogP contribution is 2.23. The fourth-order valence-corrected chi connectivity index (χ4v) is 1.91. The zero-order chi connectivity index (χ0) is 13.8. The molecule has 2 aromatic rings. The zero-order valence-electron chi connectivity index (χ0n) is 10.7. The first-order valence-electron chi connectivity index (χ1n) is 6.10. The van der Waals surface area contributed by atoms with Gasteiger partial charge in [-0.25, -0.2) is 4.39 Å². The molecule has 0 saturated carbocycles. The molecule has 1 aromatic carbocycles. The van der Waals surface area contributed by atoms with Crippen molar-refractivity contribution in [2.24, 2.45) is 5.73 Å². The molecule has 0 aliphatic carbocycles. The average molecular weight is 265 g/mol. The van der Waals surface area contributed by atoms with Gasteiger partial charge in [-0.2, -0.15) is 0 Å². The normalized spacial score (nSPS) is 12.8. The molecule has 0 amide bonds. The fraction of sp³-hybridized carbons (Fsp3) is 0.357. The second-order valence-electron chi connectivity index (χ2n) is 4.37. The van der Waals surface area contributed by atoms with Crippen molar-refractivity contribution in [3.63, 3.8) is 0 Å². The van der Waals surface area contributed by atoms with Crippen LogP contribution in [0.1, 0.15) is 23.4 Å². The van der Waals surface area contributed by atoms with Crippen LogP contribution in [0.4, 0.5) is 4.39 Å². The Bertz CT molecular complexity index is 579. The van der Waals surface area contributed by atoms with Crippen LogP contribution in [0.3, 0.4) is 0 Å². The van der Waals surface area contributed by atoms with Gasteiger partial charge in [-0.15, -0.1) is 0 Å². The van der Waals surface area contributed by atoms with E-state index in [1.165, 1.54) is 12.1 Å². The first kappa shape index (κ1) is 13.7. The molecule has 19 heavy (non-hydrogen) atoms. The number of halogens is 1. The van der Waals surface area contributed by atoms with Crippen LogP contribution >= 0.6 is 0 Å². The number of hydrogen-bond acceptors (Lipinski definition) is 4. The SMILES string of the molecule is COCCCC(N)C(=O)c1cc2cccc(F)c2o1. The van der Waals surface area contributed by atoms with Crippen molar-refractivity contribution in [2.75, 3.05) is 13.7 Å². The Morgan fingerprint density at radius 3 is 3.00 bits per heavy atom. The maximum absolute atomic E-state index is 13.5. The molecule has 0 bridgehead atoms. The topological polar surface area (TPSA) is 65.5 Å². The second-order valence-corrected chi connectivity index (χ2v) is 4.37. The van der Waals surface area contributed by atoms with Gasteiger partial charge >= 0.3 is 0 Å². The Hall–Kier alpha value is -1.72. The number of Topliss-reactive ketones (excluding diaryl/α,β-unsaturated/α-hetero) is 1. The van der Waals surface area contributed by atoms with Crippen molar-refractivity contribution in [3.8, 4) is 0 Å². The largest absolute Gasteiger partial charge is 0.450 e. The number of methoxy groups -OCH3 is 1. The minimum absolute atomic E-state index is 0.0925. The van der Waals surface area contributed by atoms with E-state index in [2.05, 4.69) is 0 Å². The van der Waals surface area contributed by atoms with Gasteiger partial charge in [-0.05, 0) is 25.0 Å². The summed E-state index contributed by atoms with van der Waals surface area (Å²) in [7, 11) is 1.59. The number of nitrogens with two attached hydrogens (primary N) is 1. The Kier molecular flexibility index (Phi) is 4.29. The van der Waals surface area contributed by atoms with Gasteiger partial charge in [0, 0.05) is 19.1 Å². The third kappa shape index (κ3) is 3.00. The van der Waals surface area contributed by atoms with Crippen LogP contribution in [0.25, 0.3) is 11.0 Å². The maximum Gasteiger partial charge on any atom is 0.214 e. The van der Waals surface area contributed by atoms with Crippen molar-refractivity contribution < 1.29 is 18.3 Å². The monoisotopic (exact) mass is 265 g/mol. The molecule has 2 rings (SSSR count). The molecule has 0 spiro atoms. The Balaban J connectivity index is 2.15. The summed E-state index contributed by atoms with van der Waals surface area (Å²) < 4.78 is 23.6. The summed E-state index contributed by atoms with van der Waals surface area (Å²) in [5.41, 5.74) is 5.88. The lowest BCUT2D eigenvalue weighted by Crippen LogP contribution is -2.30. The first-order valence-corrected chi connectivity index (χ1v) is 6.10. The number of benzene rings is 1. The van der Waals surface area contributed by atoms with E-state index in [1.807, 2.05) is 0 Å². The molecule has 2 N–H and O–H groups in total. The molecular weight excluding hydrogens is 249 g/mol. The van der Waals surface area contributed by atoms with E-state index in [-0.39, 0.29) is 17.1 Å². The van der Waals surface area contributed by atoms with Gasteiger partial charge < -0.3 is 14.9 Å². The summed E-state index contributed by atoms with van der Waals surface area (Å²) in [6.07, 6.45) is 1.20. The minimum atomic E-state index is -0.654. The minimum Gasteiger partial charge on any atom is -0.450 e. The second kappa shape index (κ2) is 5.95. The van der Waals surface area contributed by atoms with Crippen molar-refractivity contribution in [1.82, 2.24) is 0 Å². The number of carbonyl (C=O) groups excluding carboxylic acids is 1. The van der Waals surface area contributed by atoms with Gasteiger partial charge in [0.1, 0.15) is 0 Å². The summed E-state index contributed by atoms with van der Waals surface area (Å²) >= 11 is 0. The number of furan rings is 1. The summed E-state index contributed by atoms with van der Waals surface area (Å²) in [4.78, 5) is 12.0. The van der Waals surface area contributed by atoms with Crippen LogP contribution in [0.2, 0.25) is 0 Å². The lowest BCUT2D eigenvalue weighted by atomic mass is 10.1. The molecule has 1 unspecified atom stereocenters. The molecule has 0 aliphatic heterocycles. The van der Waals surface area contributed by atoms with E-state index >= 15 is 0 Å². The summed E-state index contributed by atoms with van der Waals surface area (Å²) in [5.74, 6) is -0.693. The molecule has 0 fully saturated rings. The smallest absolute Gasteiger partial charge is 0.214 e. The standard InChI is InChI=1S/C14H16FNO3/c1-18-7-3-6-11(16)13(17)12-8-9-4-2-5-10(15)14(9)19-12/h2,4-5,8,11H,3,6-7,16H2,1H3. The van der Waals surface area contributed by atoms with E-state index in [4.69, 9.17) is 14.9 Å². The zero-order valence-corrected chi connectivity index (χ0v) is 10.7. The predicted octanol–water partition coefficient (Wildman–Crippen LogP) is 2.51. The molecule has 0 saturated heterocycles. The molecule has 0 radical (unpaired) electrons. The van der Waals surface area contributed by atoms with Crippen molar-refractivity contribution in [3.05, 3.63) is 35.8 Å². The highest BCUT2D eigenvalue weighted by Gasteiger charge is 2.20. The van der Waals surface area contributed by atoms with Gasteiger partial charge in [-0.3, -0.25) is 4.79 Å². The molecule has 4 nitrogen and oxygen atoms in total. The van der Waals surface area contributed by atoms with Crippen molar-refractivity contribution in [2.45, 2.75) is 18.9 Å². The Morgan fingerprint density at radius 1 is 1.53 bits per heavy atom. The van der Waals surface area contributed by atoms with Crippen molar-refractivity contribution >= 4 is 16.8 Å². The van der Waals surface area contributed by atoms with Crippen LogP contribution in [0, 0.1) is 5.82 Å². The van der Waals surface area contributed by atoms with Gasteiger partial charge in [0.2, 0.25) is 5.78 Å². The quantitative estimate of drug-likeness (QED) is 0.643. The highest BCUT2D eigenvalue weighted by molar-refractivity contribution is 6.00. The molecule has 0 aliphatic rings. The number of hydrogen-bond donors (Lipinski definition) is 1. The Morgan fingerprint density at radius 2 is 2.32 bits per heavy atom. The van der Waals surface area contributed by atoms with Gasteiger partial charge in [0.25, 0.3) is 0 Å². The third-order valence-electron chi connectivity index (χ3n) is 2.94. The van der Waals surface area contributed by atoms with E-state index in [1.54, 1.807) is 19.2 Å². The maximum atomic E-state index is 13.5. The summed E-state index contributed by atoms with van der Waals surface area (Å²) in [6.45, 7) is 0.551. The Labute approximate surface area is 110 Å². The number of fused-ring (bicyclic) bond motifs is 1. The third-order valence-corrected chi connectivity index (χ3v) is 2.94. The van der Waals surface area contributed by atoms with Crippen LogP contribution in [-0.4, -0.2) is 25.5 Å². The average Bonchev–Trinajstić information content (AvgIpc) is 2.83. The molecular formula is C14H16FNO3. The van der Waals surface area contributed by atoms with Crippen LogP contribution < -0.4 is 5.73 Å². The first-order chi connectivity index (χ1) is 9.13. The number of para-hydroxylation sites is 1. The number of rotatable bonds is 6. The van der Waals surface area contributed by atoms with Crippen LogP contribution in [0.5, 0.6) is 0 Å².